The van der Waals surface area contributed by atoms with Crippen LogP contribution in [-0.4, -0.2) is 33.3 Å². The molecule has 1 aliphatic carbocycles. The number of rotatable bonds is 3. The van der Waals surface area contributed by atoms with Gasteiger partial charge in [-0.2, -0.15) is 0 Å². The normalized spacial score (nSPS) is 33.6. The van der Waals surface area contributed by atoms with Crippen LogP contribution in [0.1, 0.15) is 63.0 Å². The van der Waals surface area contributed by atoms with Crippen molar-refractivity contribution in [3.8, 4) is 0 Å². The molecule has 3 saturated heterocycles. The molecule has 1 aromatic carbocycles. The second kappa shape index (κ2) is 5.08. The topological polar surface area (TPSA) is 40.6 Å². The van der Waals surface area contributed by atoms with Crippen LogP contribution in [0.5, 0.6) is 0 Å². The number of urea groups is 1. The van der Waals surface area contributed by atoms with E-state index in [1.807, 2.05) is 23.1 Å². The highest BCUT2D eigenvalue weighted by atomic mass is 16.2. The highest BCUT2D eigenvalue weighted by Crippen LogP contribution is 2.54. The molecule has 4 fully saturated rings. The smallest absolute Gasteiger partial charge is 0.307 e. The number of hydrogen-bond acceptors (Lipinski definition) is 2. The van der Waals surface area contributed by atoms with Crippen molar-refractivity contribution in [1.29, 1.82) is 0 Å². The fourth-order valence-electron chi connectivity index (χ4n) is 5.81. The molecule has 1 saturated carbocycles. The molecule has 5 rings (SSSR count). The summed E-state index contributed by atoms with van der Waals surface area (Å²) in [6, 6.07) is 10.4. The van der Waals surface area contributed by atoms with Crippen molar-refractivity contribution in [1.82, 2.24) is 9.80 Å². The predicted octanol–water partition coefficient (Wildman–Crippen LogP) is 3.88. The van der Waals surface area contributed by atoms with E-state index in [4.69, 9.17) is 0 Å². The molecule has 1 atom stereocenters. The molecule has 24 heavy (non-hydrogen) atoms. The Hall–Kier alpha value is -1.84. The van der Waals surface area contributed by atoms with E-state index < -0.39 is 5.54 Å². The van der Waals surface area contributed by atoms with Gasteiger partial charge in [0.05, 0.1) is 6.04 Å². The molecule has 0 spiro atoms. The van der Waals surface area contributed by atoms with Gasteiger partial charge in [-0.3, -0.25) is 9.69 Å². The zero-order valence-electron chi connectivity index (χ0n) is 14.0. The van der Waals surface area contributed by atoms with Gasteiger partial charge in [-0.25, -0.2) is 4.79 Å². The zero-order valence-corrected chi connectivity index (χ0v) is 14.0. The summed E-state index contributed by atoms with van der Waals surface area (Å²) in [5.74, 6) is 0.503. The van der Waals surface area contributed by atoms with E-state index >= 15 is 0 Å². The minimum atomic E-state index is -0.493. The Balaban J connectivity index is 1.57. The van der Waals surface area contributed by atoms with E-state index in [1.165, 1.54) is 12.8 Å². The second-order valence-electron chi connectivity index (χ2n) is 7.99. The first-order valence-electron chi connectivity index (χ1n) is 9.44. The zero-order chi connectivity index (χ0) is 16.3. The number of carbonyl (C=O) groups is 2. The maximum absolute atomic E-state index is 13.4. The summed E-state index contributed by atoms with van der Waals surface area (Å²) in [4.78, 5) is 30.3. The summed E-state index contributed by atoms with van der Waals surface area (Å²) in [5, 5.41) is 0. The average molecular weight is 324 g/mol. The van der Waals surface area contributed by atoms with Gasteiger partial charge >= 0.3 is 6.03 Å². The SMILES string of the molecule is O=C1N(C(c2ccccc2)C2CCCC2)C(=O)C23CCC(CC2)N13. The lowest BCUT2D eigenvalue weighted by molar-refractivity contribution is -0.134. The van der Waals surface area contributed by atoms with Crippen molar-refractivity contribution in [2.24, 2.45) is 5.92 Å². The Morgan fingerprint density at radius 2 is 1.62 bits per heavy atom. The van der Waals surface area contributed by atoms with Crippen molar-refractivity contribution in [3.05, 3.63) is 35.9 Å². The molecule has 0 N–H and O–H groups in total. The monoisotopic (exact) mass is 324 g/mol. The minimum absolute atomic E-state index is 0.0132. The highest BCUT2D eigenvalue weighted by molar-refractivity contribution is 6.08. The van der Waals surface area contributed by atoms with Crippen LogP contribution in [-0.2, 0) is 4.79 Å². The van der Waals surface area contributed by atoms with Gasteiger partial charge < -0.3 is 4.90 Å². The quantitative estimate of drug-likeness (QED) is 0.792. The minimum Gasteiger partial charge on any atom is -0.307 e. The van der Waals surface area contributed by atoms with Gasteiger partial charge in [-0.1, -0.05) is 43.2 Å². The molecular weight excluding hydrogens is 300 g/mol. The van der Waals surface area contributed by atoms with Crippen LogP contribution < -0.4 is 0 Å². The molecule has 0 aromatic heterocycles. The van der Waals surface area contributed by atoms with Gasteiger partial charge in [0.2, 0.25) is 0 Å². The Morgan fingerprint density at radius 3 is 2.25 bits per heavy atom. The van der Waals surface area contributed by atoms with Gasteiger partial charge in [0.1, 0.15) is 5.54 Å². The molecule has 3 heterocycles. The van der Waals surface area contributed by atoms with Crippen LogP contribution in [0.2, 0.25) is 0 Å². The predicted molar refractivity (Wildman–Crippen MR) is 90.2 cm³/mol. The van der Waals surface area contributed by atoms with E-state index in [0.717, 1.165) is 44.1 Å². The van der Waals surface area contributed by atoms with Crippen LogP contribution in [0.4, 0.5) is 4.79 Å². The Labute approximate surface area is 142 Å². The molecule has 1 unspecified atom stereocenters. The van der Waals surface area contributed by atoms with Gasteiger partial charge in [0.15, 0.2) is 0 Å². The van der Waals surface area contributed by atoms with Crippen LogP contribution >= 0.6 is 0 Å². The first-order valence-corrected chi connectivity index (χ1v) is 9.44. The summed E-state index contributed by atoms with van der Waals surface area (Å²) >= 11 is 0. The lowest BCUT2D eigenvalue weighted by Gasteiger charge is -2.33. The van der Waals surface area contributed by atoms with Crippen molar-refractivity contribution < 1.29 is 9.59 Å². The number of carbonyl (C=O) groups excluding carboxylic acids is 2. The van der Waals surface area contributed by atoms with Gasteiger partial charge in [-0.05, 0) is 50.0 Å². The molecule has 126 valence electrons. The van der Waals surface area contributed by atoms with Crippen LogP contribution in [0.15, 0.2) is 30.3 Å². The number of benzene rings is 1. The molecule has 2 bridgehead atoms. The molecule has 1 aromatic rings. The second-order valence-corrected chi connectivity index (χ2v) is 7.99. The van der Waals surface area contributed by atoms with Gasteiger partial charge in [-0.15, -0.1) is 0 Å². The lowest BCUT2D eigenvalue weighted by atomic mass is 9.85. The van der Waals surface area contributed by atoms with Crippen molar-refractivity contribution >= 4 is 11.9 Å². The summed E-state index contributed by atoms with van der Waals surface area (Å²) in [7, 11) is 0. The summed E-state index contributed by atoms with van der Waals surface area (Å²) in [6.45, 7) is 0. The molecule has 4 nitrogen and oxygen atoms in total. The van der Waals surface area contributed by atoms with E-state index in [-0.39, 0.29) is 18.0 Å². The average Bonchev–Trinajstić information content (AvgIpc) is 3.37. The third-order valence-corrected chi connectivity index (χ3v) is 6.90. The highest BCUT2D eigenvalue weighted by Gasteiger charge is 2.67. The maximum atomic E-state index is 13.4. The Morgan fingerprint density at radius 1 is 0.958 bits per heavy atom. The first-order chi connectivity index (χ1) is 11.7. The fraction of sp³-hybridized carbons (Fsp3) is 0.600. The van der Waals surface area contributed by atoms with E-state index in [9.17, 15) is 9.59 Å². The fourth-order valence-corrected chi connectivity index (χ4v) is 5.81. The van der Waals surface area contributed by atoms with Gasteiger partial charge in [0, 0.05) is 6.04 Å². The molecule has 3 aliphatic heterocycles. The molecule has 0 radical (unpaired) electrons. The molecule has 3 amide bonds. The number of imide groups is 1. The maximum Gasteiger partial charge on any atom is 0.328 e. The van der Waals surface area contributed by atoms with Crippen molar-refractivity contribution in [3.63, 3.8) is 0 Å². The molecular formula is C20H24N2O2. The largest absolute Gasteiger partial charge is 0.328 e. The number of nitrogens with zero attached hydrogens (tertiary/aromatic N) is 2. The van der Waals surface area contributed by atoms with Crippen LogP contribution in [0.3, 0.4) is 0 Å². The van der Waals surface area contributed by atoms with E-state index in [1.54, 1.807) is 4.90 Å². The lowest BCUT2D eigenvalue weighted by Crippen LogP contribution is -2.43. The molecule has 4 aliphatic rings. The van der Waals surface area contributed by atoms with Crippen molar-refractivity contribution in [2.45, 2.75) is 69.0 Å². The summed E-state index contributed by atoms with van der Waals surface area (Å²) in [5.41, 5.74) is 0.632. The number of amides is 3. The van der Waals surface area contributed by atoms with Crippen LogP contribution in [0.25, 0.3) is 0 Å². The Bertz CT molecular complexity index is 672. The van der Waals surface area contributed by atoms with E-state index in [0.29, 0.717) is 12.0 Å². The Kier molecular flexibility index (Phi) is 3.07. The van der Waals surface area contributed by atoms with Gasteiger partial charge in [0.25, 0.3) is 5.91 Å². The first kappa shape index (κ1) is 14.5. The number of hydrogen-bond donors (Lipinski definition) is 0. The third kappa shape index (κ3) is 1.74. The summed E-state index contributed by atoms with van der Waals surface area (Å²) in [6.07, 6.45) is 8.40. The van der Waals surface area contributed by atoms with Crippen molar-refractivity contribution in [2.75, 3.05) is 0 Å². The van der Waals surface area contributed by atoms with Crippen LogP contribution in [0, 0.1) is 5.92 Å². The molecule has 4 heteroatoms. The van der Waals surface area contributed by atoms with E-state index in [2.05, 4.69) is 12.1 Å². The summed E-state index contributed by atoms with van der Waals surface area (Å²) < 4.78 is 0. The third-order valence-electron chi connectivity index (χ3n) is 6.90. The standard InChI is InChI=1S/C20H24N2O2/c23-18-20-12-10-16(11-13-20)22(20)19(24)21(18)17(15-8-4-5-9-15)14-6-2-1-3-7-14/h1-3,6-7,15-17H,4-5,8-13H2.